The number of hydrogen-bond acceptors (Lipinski definition) is 2. The van der Waals surface area contributed by atoms with Crippen LogP contribution in [0.5, 0.6) is 0 Å². The van der Waals surface area contributed by atoms with Crippen LogP contribution < -0.4 is 11.3 Å². The molecular weight excluding hydrogens is 284 g/mol. The molecule has 0 atom stereocenters. The van der Waals surface area contributed by atoms with E-state index in [9.17, 15) is 4.79 Å². The summed E-state index contributed by atoms with van der Waals surface area (Å²) in [5.74, 6) is 0. The van der Waals surface area contributed by atoms with Gasteiger partial charge in [-0.3, -0.25) is 4.79 Å². The highest BCUT2D eigenvalue weighted by molar-refractivity contribution is 6.30. The molecule has 2 rings (SSSR count). The van der Waals surface area contributed by atoms with Gasteiger partial charge in [0.1, 0.15) is 0 Å². The Morgan fingerprint density at radius 3 is 2.14 bits per heavy atom. The summed E-state index contributed by atoms with van der Waals surface area (Å²) in [6, 6.07) is 11.3. The van der Waals surface area contributed by atoms with Crippen molar-refractivity contribution in [3.05, 3.63) is 57.3 Å². The first-order valence-electron chi connectivity index (χ1n) is 7.02. The zero-order chi connectivity index (χ0) is 15.8. The van der Waals surface area contributed by atoms with E-state index >= 15 is 0 Å². The van der Waals surface area contributed by atoms with Crippen LogP contribution in [0.2, 0.25) is 5.02 Å². The van der Waals surface area contributed by atoms with E-state index in [-0.39, 0.29) is 11.6 Å². The summed E-state index contributed by atoms with van der Waals surface area (Å²) in [4.78, 5) is 12.8. The molecule has 0 saturated heterocycles. The van der Waals surface area contributed by atoms with E-state index in [1.165, 1.54) is 0 Å². The first kappa shape index (κ1) is 15.8. The summed E-state index contributed by atoms with van der Waals surface area (Å²) in [6.45, 7) is 7.68. The third-order valence-electron chi connectivity index (χ3n) is 3.47. The Morgan fingerprint density at radius 2 is 1.67 bits per heavy atom. The number of pyridine rings is 1. The number of rotatable bonds is 3. The summed E-state index contributed by atoms with van der Waals surface area (Å²) in [6.07, 6.45) is 0. The average Bonchev–Trinajstić information content (AvgIpc) is 2.37. The maximum absolute atomic E-state index is 12.8. The predicted octanol–water partition coefficient (Wildman–Crippen LogP) is 3.94. The van der Waals surface area contributed by atoms with Crippen molar-refractivity contribution in [1.29, 1.82) is 0 Å². The van der Waals surface area contributed by atoms with Crippen LogP contribution in [0.1, 0.15) is 39.3 Å². The van der Waals surface area contributed by atoms with Gasteiger partial charge in [-0.25, -0.2) is 0 Å². The molecule has 3 nitrogen and oxygen atoms in total. The molecule has 0 amide bonds. The van der Waals surface area contributed by atoms with Gasteiger partial charge in [-0.2, -0.15) is 0 Å². The van der Waals surface area contributed by atoms with Crippen LogP contribution in [0.15, 0.2) is 41.2 Å². The lowest BCUT2D eigenvalue weighted by Gasteiger charge is -2.23. The highest BCUT2D eigenvalue weighted by Crippen LogP contribution is 2.25. The molecule has 0 saturated carbocycles. The molecule has 1 aromatic heterocycles. The van der Waals surface area contributed by atoms with E-state index in [0.29, 0.717) is 10.6 Å². The van der Waals surface area contributed by atoms with Crippen LogP contribution in [-0.4, -0.2) is 4.57 Å². The summed E-state index contributed by atoms with van der Waals surface area (Å²) in [5, 5.41) is 0.678. The predicted molar refractivity (Wildman–Crippen MR) is 88.7 cm³/mol. The van der Waals surface area contributed by atoms with Crippen LogP contribution in [-0.2, 0) is 5.54 Å². The Balaban J connectivity index is 2.71. The van der Waals surface area contributed by atoms with Crippen molar-refractivity contribution < 1.29 is 0 Å². The van der Waals surface area contributed by atoms with Gasteiger partial charge in [-0.1, -0.05) is 23.7 Å². The first-order chi connectivity index (χ1) is 9.71. The Kier molecular flexibility index (Phi) is 4.26. The van der Waals surface area contributed by atoms with E-state index in [1.54, 1.807) is 4.57 Å². The van der Waals surface area contributed by atoms with E-state index in [0.717, 1.165) is 11.3 Å². The highest BCUT2D eigenvalue weighted by Gasteiger charge is 2.22. The fraction of sp³-hybridized carbons (Fsp3) is 0.353. The number of halogens is 1. The first-order valence-corrected chi connectivity index (χ1v) is 7.40. The van der Waals surface area contributed by atoms with Crippen LogP contribution in [0.4, 0.5) is 0 Å². The van der Waals surface area contributed by atoms with Gasteiger partial charge in [0, 0.05) is 22.2 Å². The fourth-order valence-corrected chi connectivity index (χ4v) is 2.54. The third-order valence-corrected chi connectivity index (χ3v) is 3.72. The molecule has 0 spiro atoms. The summed E-state index contributed by atoms with van der Waals surface area (Å²) >= 11 is 5.93. The van der Waals surface area contributed by atoms with Crippen LogP contribution in [0.3, 0.4) is 0 Å². The Hall–Kier alpha value is -1.58. The van der Waals surface area contributed by atoms with Crippen molar-refractivity contribution in [3.63, 3.8) is 0 Å². The molecule has 21 heavy (non-hydrogen) atoms. The second-order valence-electron chi connectivity index (χ2n) is 6.13. The largest absolute Gasteiger partial charge is 0.322 e. The van der Waals surface area contributed by atoms with Crippen LogP contribution in [0.25, 0.3) is 11.3 Å². The van der Waals surface area contributed by atoms with Crippen molar-refractivity contribution >= 4 is 11.6 Å². The van der Waals surface area contributed by atoms with Crippen molar-refractivity contribution in [2.45, 2.75) is 39.3 Å². The Bertz CT molecular complexity index is 694. The van der Waals surface area contributed by atoms with E-state index < -0.39 is 5.54 Å². The maximum Gasteiger partial charge on any atom is 0.256 e. The lowest BCUT2D eigenvalue weighted by atomic mass is 9.95. The van der Waals surface area contributed by atoms with Gasteiger partial charge in [-0.15, -0.1) is 0 Å². The van der Waals surface area contributed by atoms with Crippen molar-refractivity contribution in [2.24, 2.45) is 5.73 Å². The monoisotopic (exact) mass is 304 g/mol. The SMILES string of the molecule is CC(C)n1c(-c2ccc(Cl)cc2)ccc(C(C)(C)N)c1=O. The zero-order valence-corrected chi connectivity index (χ0v) is 13.6. The molecular formula is C17H21ClN2O. The molecule has 0 bridgehead atoms. The van der Waals surface area contributed by atoms with Crippen LogP contribution in [0, 0.1) is 0 Å². The minimum Gasteiger partial charge on any atom is -0.322 e. The number of aromatic nitrogens is 1. The molecule has 0 aliphatic carbocycles. The Morgan fingerprint density at radius 1 is 1.10 bits per heavy atom. The lowest BCUT2D eigenvalue weighted by Crippen LogP contribution is -2.38. The number of benzene rings is 1. The summed E-state index contributed by atoms with van der Waals surface area (Å²) in [5.41, 5.74) is 7.87. The van der Waals surface area contributed by atoms with Crippen molar-refractivity contribution in [3.8, 4) is 11.3 Å². The highest BCUT2D eigenvalue weighted by atomic mass is 35.5. The molecule has 2 N–H and O–H groups in total. The van der Waals surface area contributed by atoms with E-state index in [2.05, 4.69) is 0 Å². The third kappa shape index (κ3) is 3.20. The number of nitrogens with zero attached hydrogens (tertiary/aromatic N) is 1. The second kappa shape index (κ2) is 5.66. The smallest absolute Gasteiger partial charge is 0.256 e. The maximum atomic E-state index is 12.8. The molecule has 4 heteroatoms. The fourth-order valence-electron chi connectivity index (χ4n) is 2.41. The molecule has 112 valence electrons. The zero-order valence-electron chi connectivity index (χ0n) is 12.9. The molecule has 0 aliphatic rings. The average molecular weight is 305 g/mol. The van der Waals surface area contributed by atoms with Gasteiger partial charge < -0.3 is 10.3 Å². The van der Waals surface area contributed by atoms with E-state index in [1.807, 2.05) is 64.1 Å². The lowest BCUT2D eigenvalue weighted by molar-refractivity contribution is 0.517. The normalized spacial score (nSPS) is 12.0. The van der Waals surface area contributed by atoms with Gasteiger partial charge in [0.2, 0.25) is 0 Å². The molecule has 1 heterocycles. The minimum atomic E-state index is -0.660. The standard InChI is InChI=1S/C17H21ClN2O/c1-11(2)20-15(12-5-7-13(18)8-6-12)10-9-14(16(20)21)17(3,4)19/h5-11H,19H2,1-4H3. The number of hydrogen-bond donors (Lipinski definition) is 1. The van der Waals surface area contributed by atoms with Crippen LogP contribution >= 0.6 is 11.6 Å². The van der Waals surface area contributed by atoms with Crippen molar-refractivity contribution in [2.75, 3.05) is 0 Å². The summed E-state index contributed by atoms with van der Waals surface area (Å²) < 4.78 is 1.78. The van der Waals surface area contributed by atoms with Gasteiger partial charge >= 0.3 is 0 Å². The second-order valence-corrected chi connectivity index (χ2v) is 6.57. The topological polar surface area (TPSA) is 48.0 Å². The molecule has 0 fully saturated rings. The molecule has 0 radical (unpaired) electrons. The molecule has 0 aliphatic heterocycles. The van der Waals surface area contributed by atoms with E-state index in [4.69, 9.17) is 17.3 Å². The quantitative estimate of drug-likeness (QED) is 0.933. The summed E-state index contributed by atoms with van der Waals surface area (Å²) in [7, 11) is 0. The molecule has 0 unspecified atom stereocenters. The van der Waals surface area contributed by atoms with Crippen molar-refractivity contribution in [1.82, 2.24) is 4.57 Å². The van der Waals surface area contributed by atoms with Gasteiger partial charge in [-0.05, 0) is 57.5 Å². The minimum absolute atomic E-state index is 0.0371. The molecule has 2 aromatic rings. The van der Waals surface area contributed by atoms with Gasteiger partial charge in [0.05, 0.1) is 5.69 Å². The Labute approximate surface area is 130 Å². The van der Waals surface area contributed by atoms with Gasteiger partial charge in [0.25, 0.3) is 5.56 Å². The van der Waals surface area contributed by atoms with Gasteiger partial charge in [0.15, 0.2) is 0 Å². The molecule has 1 aromatic carbocycles. The number of nitrogens with two attached hydrogens (primary N) is 1.